The van der Waals surface area contributed by atoms with Gasteiger partial charge in [-0.15, -0.1) is 0 Å². The molecule has 28 heavy (non-hydrogen) atoms. The van der Waals surface area contributed by atoms with Gasteiger partial charge >= 0.3 is 5.97 Å². The third kappa shape index (κ3) is 5.17. The number of hydrogen-bond acceptors (Lipinski definition) is 4. The van der Waals surface area contributed by atoms with Gasteiger partial charge in [-0.3, -0.25) is 14.9 Å². The molecule has 142 valence electrons. The van der Waals surface area contributed by atoms with E-state index in [0.29, 0.717) is 18.8 Å². The van der Waals surface area contributed by atoms with Crippen LogP contribution in [0.3, 0.4) is 0 Å². The lowest BCUT2D eigenvalue weighted by Crippen LogP contribution is -1.98. The molecule has 0 bridgehead atoms. The number of hydrogen-bond donors (Lipinski definition) is 1. The first-order valence-electron chi connectivity index (χ1n) is 8.78. The first kappa shape index (κ1) is 19.1. The van der Waals surface area contributed by atoms with E-state index in [-0.39, 0.29) is 12.1 Å². The smallest absolute Gasteiger partial charge is 0.303 e. The first-order chi connectivity index (χ1) is 13.5. The van der Waals surface area contributed by atoms with Gasteiger partial charge in [0.05, 0.1) is 4.92 Å². The number of benzene rings is 3. The highest BCUT2D eigenvalue weighted by Gasteiger charge is 2.08. The summed E-state index contributed by atoms with van der Waals surface area (Å²) in [4.78, 5) is 21.2. The predicted molar refractivity (Wildman–Crippen MR) is 105 cm³/mol. The molecule has 3 aromatic carbocycles. The number of nitrogens with zero attached hydrogens (tertiary/aromatic N) is 1. The number of nitro groups is 1. The van der Waals surface area contributed by atoms with Crippen LogP contribution >= 0.6 is 0 Å². The maximum atomic E-state index is 11.0. The zero-order valence-electron chi connectivity index (χ0n) is 15.1. The molecule has 3 aromatic rings. The van der Waals surface area contributed by atoms with Crippen molar-refractivity contribution in [3.8, 4) is 16.9 Å². The molecular weight excluding hydrogens is 358 g/mol. The van der Waals surface area contributed by atoms with Gasteiger partial charge in [0.25, 0.3) is 5.69 Å². The van der Waals surface area contributed by atoms with E-state index in [1.807, 2.05) is 54.6 Å². The molecule has 0 unspecified atom stereocenters. The van der Waals surface area contributed by atoms with E-state index >= 15 is 0 Å². The number of carboxylic acid groups (broad SMARTS) is 1. The Morgan fingerprint density at radius 3 is 2.29 bits per heavy atom. The van der Waals surface area contributed by atoms with Crippen LogP contribution in [0.2, 0.25) is 0 Å². The van der Waals surface area contributed by atoms with Gasteiger partial charge in [-0.05, 0) is 46.9 Å². The molecule has 0 heterocycles. The third-order valence-electron chi connectivity index (χ3n) is 4.27. The van der Waals surface area contributed by atoms with Gasteiger partial charge in [0.1, 0.15) is 12.4 Å². The van der Waals surface area contributed by atoms with Crippen LogP contribution in [0.5, 0.6) is 5.75 Å². The molecule has 6 nitrogen and oxygen atoms in total. The lowest BCUT2D eigenvalue weighted by atomic mass is 10.0. The fraction of sp³-hybridized carbons (Fsp3) is 0.136. The number of rotatable bonds is 8. The number of nitro benzene ring substituents is 1. The van der Waals surface area contributed by atoms with Crippen LogP contribution in [0.15, 0.2) is 72.8 Å². The Morgan fingerprint density at radius 2 is 1.61 bits per heavy atom. The SMILES string of the molecule is O=C(O)CCc1ccc(OCc2cccc(-c3cccc([N+](=O)[O-])c3)c2)cc1. The Bertz CT molecular complexity index is 982. The molecule has 1 N–H and O–H groups in total. The second-order valence-electron chi connectivity index (χ2n) is 6.33. The molecule has 6 heteroatoms. The van der Waals surface area contributed by atoms with Gasteiger partial charge in [-0.1, -0.05) is 42.5 Å². The molecule has 0 aliphatic rings. The summed E-state index contributed by atoms with van der Waals surface area (Å²) in [5, 5.41) is 19.7. The topological polar surface area (TPSA) is 89.7 Å². The molecule has 0 fully saturated rings. The monoisotopic (exact) mass is 377 g/mol. The third-order valence-corrected chi connectivity index (χ3v) is 4.27. The van der Waals surface area contributed by atoms with Crippen LogP contribution in [0.25, 0.3) is 11.1 Å². The fourth-order valence-corrected chi connectivity index (χ4v) is 2.81. The van der Waals surface area contributed by atoms with Gasteiger partial charge < -0.3 is 9.84 Å². The standard InChI is InChI=1S/C22H19NO5/c24-22(25)12-9-16-7-10-21(11-8-16)28-15-17-3-1-4-18(13-17)19-5-2-6-20(14-19)23(26)27/h1-8,10-11,13-14H,9,12,15H2,(H,24,25). The zero-order chi connectivity index (χ0) is 19.9. The average molecular weight is 377 g/mol. The predicted octanol–water partition coefficient (Wildman–Crippen LogP) is 4.86. The molecule has 0 amide bonds. The number of carbonyl (C=O) groups is 1. The van der Waals surface area contributed by atoms with Crippen molar-refractivity contribution in [3.63, 3.8) is 0 Å². The Labute approximate surface area is 162 Å². The largest absolute Gasteiger partial charge is 0.489 e. The van der Waals surface area contributed by atoms with Crippen molar-refractivity contribution < 1.29 is 19.6 Å². The maximum absolute atomic E-state index is 11.0. The number of non-ortho nitro benzene ring substituents is 1. The second kappa shape index (κ2) is 8.81. The van der Waals surface area contributed by atoms with Crippen molar-refractivity contribution in [1.82, 2.24) is 0 Å². The molecule has 0 aromatic heterocycles. The highest BCUT2D eigenvalue weighted by Crippen LogP contribution is 2.25. The Kier molecular flexibility index (Phi) is 6.01. The summed E-state index contributed by atoms with van der Waals surface area (Å²) in [7, 11) is 0. The highest BCUT2D eigenvalue weighted by atomic mass is 16.6. The average Bonchev–Trinajstić information content (AvgIpc) is 2.72. The zero-order valence-corrected chi connectivity index (χ0v) is 15.1. The van der Waals surface area contributed by atoms with E-state index in [2.05, 4.69) is 0 Å². The molecule has 0 spiro atoms. The van der Waals surface area contributed by atoms with Crippen LogP contribution in [0, 0.1) is 10.1 Å². The molecule has 0 saturated carbocycles. The molecule has 0 aliphatic heterocycles. The van der Waals surface area contributed by atoms with Crippen LogP contribution in [0.1, 0.15) is 17.5 Å². The molecule has 0 aliphatic carbocycles. The minimum absolute atomic E-state index is 0.0575. The van der Waals surface area contributed by atoms with E-state index in [4.69, 9.17) is 9.84 Å². The molecular formula is C22H19NO5. The Hall–Kier alpha value is -3.67. The lowest BCUT2D eigenvalue weighted by molar-refractivity contribution is -0.384. The van der Waals surface area contributed by atoms with Gasteiger partial charge in [-0.25, -0.2) is 0 Å². The van der Waals surface area contributed by atoms with E-state index in [9.17, 15) is 14.9 Å². The van der Waals surface area contributed by atoms with Crippen LogP contribution in [-0.2, 0) is 17.8 Å². The van der Waals surface area contributed by atoms with Gasteiger partial charge in [0.15, 0.2) is 0 Å². The molecule has 3 rings (SSSR count). The number of aryl methyl sites for hydroxylation is 1. The molecule has 0 saturated heterocycles. The molecule has 0 radical (unpaired) electrons. The molecule has 0 atom stereocenters. The Morgan fingerprint density at radius 1 is 0.929 bits per heavy atom. The van der Waals surface area contributed by atoms with Crippen LogP contribution in [-0.4, -0.2) is 16.0 Å². The summed E-state index contributed by atoms with van der Waals surface area (Å²) in [6.45, 7) is 0.358. The summed E-state index contributed by atoms with van der Waals surface area (Å²) in [6, 6.07) is 21.6. The minimum Gasteiger partial charge on any atom is -0.489 e. The summed E-state index contributed by atoms with van der Waals surface area (Å²) in [5.41, 5.74) is 3.61. The maximum Gasteiger partial charge on any atom is 0.303 e. The van der Waals surface area contributed by atoms with E-state index in [1.165, 1.54) is 6.07 Å². The first-order valence-corrected chi connectivity index (χ1v) is 8.78. The Balaban J connectivity index is 1.66. The van der Waals surface area contributed by atoms with Crippen molar-refractivity contribution in [2.45, 2.75) is 19.4 Å². The summed E-state index contributed by atoms with van der Waals surface area (Å²) in [6.07, 6.45) is 0.589. The summed E-state index contributed by atoms with van der Waals surface area (Å²) >= 11 is 0. The van der Waals surface area contributed by atoms with E-state index < -0.39 is 10.9 Å². The van der Waals surface area contributed by atoms with Gasteiger partial charge in [0.2, 0.25) is 0 Å². The number of carboxylic acids is 1. The van der Waals surface area contributed by atoms with Crippen molar-refractivity contribution in [1.29, 1.82) is 0 Å². The van der Waals surface area contributed by atoms with Crippen molar-refractivity contribution in [2.75, 3.05) is 0 Å². The lowest BCUT2D eigenvalue weighted by Gasteiger charge is -2.09. The van der Waals surface area contributed by atoms with Gasteiger partial charge in [-0.2, -0.15) is 0 Å². The highest BCUT2D eigenvalue weighted by molar-refractivity contribution is 5.67. The minimum atomic E-state index is -0.816. The van der Waals surface area contributed by atoms with E-state index in [1.54, 1.807) is 12.1 Å². The normalized spacial score (nSPS) is 10.4. The van der Waals surface area contributed by atoms with Gasteiger partial charge in [0, 0.05) is 18.6 Å². The summed E-state index contributed by atoms with van der Waals surface area (Å²) in [5.74, 6) is -0.121. The van der Waals surface area contributed by atoms with E-state index in [0.717, 1.165) is 22.3 Å². The van der Waals surface area contributed by atoms with Crippen LogP contribution < -0.4 is 4.74 Å². The number of ether oxygens (including phenoxy) is 1. The second-order valence-corrected chi connectivity index (χ2v) is 6.33. The summed E-state index contributed by atoms with van der Waals surface area (Å²) < 4.78 is 5.80. The van der Waals surface area contributed by atoms with Crippen molar-refractivity contribution >= 4 is 11.7 Å². The fourth-order valence-electron chi connectivity index (χ4n) is 2.81. The van der Waals surface area contributed by atoms with Crippen LogP contribution in [0.4, 0.5) is 5.69 Å². The van der Waals surface area contributed by atoms with Crippen molar-refractivity contribution in [3.05, 3.63) is 94.0 Å². The number of aliphatic carboxylic acids is 1. The quantitative estimate of drug-likeness (QED) is 0.447. The van der Waals surface area contributed by atoms with Crippen molar-refractivity contribution in [2.24, 2.45) is 0 Å².